The average molecular weight is 292 g/mol. The zero-order valence-electron chi connectivity index (χ0n) is 10.1. The van der Waals surface area contributed by atoms with Gasteiger partial charge in [0.25, 0.3) is 0 Å². The first-order valence-corrected chi connectivity index (χ1v) is 6.20. The molecule has 0 saturated heterocycles. The van der Waals surface area contributed by atoms with E-state index in [4.69, 9.17) is 11.6 Å². The van der Waals surface area contributed by atoms with Crippen molar-refractivity contribution in [3.05, 3.63) is 70.4 Å². The van der Waals surface area contributed by atoms with Gasteiger partial charge in [-0.2, -0.15) is 0 Å². The topological polar surface area (TPSA) is 32.9 Å². The number of halogens is 3. The molecule has 0 aliphatic carbocycles. The van der Waals surface area contributed by atoms with Gasteiger partial charge in [0.05, 0.1) is 5.56 Å². The maximum absolute atomic E-state index is 13.7. The van der Waals surface area contributed by atoms with Crippen molar-refractivity contribution >= 4 is 28.3 Å². The van der Waals surface area contributed by atoms with Crippen molar-refractivity contribution in [2.45, 2.75) is 0 Å². The van der Waals surface area contributed by atoms with Crippen LogP contribution in [0.3, 0.4) is 0 Å². The monoisotopic (exact) mass is 291 g/mol. The maximum Gasteiger partial charge on any atom is 0.198 e. The lowest BCUT2D eigenvalue weighted by atomic mass is 10.0. The molecule has 100 valence electrons. The van der Waals surface area contributed by atoms with Crippen LogP contribution in [0.1, 0.15) is 15.9 Å². The number of benzene rings is 2. The van der Waals surface area contributed by atoms with E-state index in [1.807, 2.05) is 0 Å². The number of carbonyl (C=O) groups excluding carboxylic acids is 1. The van der Waals surface area contributed by atoms with Crippen LogP contribution >= 0.6 is 11.6 Å². The SMILES string of the molecule is O=C(c1cc(Cl)ccc1F)c1c[nH]c2cc(F)ccc12. The van der Waals surface area contributed by atoms with Crippen molar-refractivity contribution < 1.29 is 13.6 Å². The average Bonchev–Trinajstić information content (AvgIpc) is 2.83. The Kier molecular flexibility index (Phi) is 3.03. The van der Waals surface area contributed by atoms with Crippen molar-refractivity contribution in [2.24, 2.45) is 0 Å². The number of rotatable bonds is 2. The molecule has 0 bridgehead atoms. The second kappa shape index (κ2) is 4.72. The summed E-state index contributed by atoms with van der Waals surface area (Å²) in [6, 6.07) is 7.81. The number of hydrogen-bond donors (Lipinski definition) is 1. The molecule has 0 aliphatic heterocycles. The van der Waals surface area contributed by atoms with Gasteiger partial charge in [0.1, 0.15) is 11.6 Å². The molecule has 1 N–H and O–H groups in total. The largest absolute Gasteiger partial charge is 0.360 e. The zero-order valence-corrected chi connectivity index (χ0v) is 10.8. The van der Waals surface area contributed by atoms with E-state index in [-0.39, 0.29) is 16.1 Å². The molecule has 0 spiro atoms. The minimum atomic E-state index is -0.643. The first-order chi connectivity index (χ1) is 9.56. The van der Waals surface area contributed by atoms with Gasteiger partial charge in [-0.3, -0.25) is 4.79 Å². The van der Waals surface area contributed by atoms with Crippen molar-refractivity contribution in [3.8, 4) is 0 Å². The number of nitrogens with one attached hydrogen (secondary N) is 1. The van der Waals surface area contributed by atoms with Crippen LogP contribution in [-0.4, -0.2) is 10.8 Å². The van der Waals surface area contributed by atoms with E-state index >= 15 is 0 Å². The van der Waals surface area contributed by atoms with Crippen molar-refractivity contribution in [1.29, 1.82) is 0 Å². The summed E-state index contributed by atoms with van der Waals surface area (Å²) in [6.45, 7) is 0. The molecule has 3 aromatic rings. The molecule has 0 atom stereocenters. The van der Waals surface area contributed by atoms with Crippen molar-refractivity contribution in [2.75, 3.05) is 0 Å². The number of carbonyl (C=O) groups is 1. The number of hydrogen-bond acceptors (Lipinski definition) is 1. The Labute approximate surface area is 118 Å². The molecule has 0 unspecified atom stereocenters. The van der Waals surface area contributed by atoms with Crippen molar-refractivity contribution in [1.82, 2.24) is 4.98 Å². The van der Waals surface area contributed by atoms with Crippen LogP contribution in [0.25, 0.3) is 10.9 Å². The highest BCUT2D eigenvalue weighted by atomic mass is 35.5. The Balaban J connectivity index is 2.15. The minimum absolute atomic E-state index is 0.109. The highest BCUT2D eigenvalue weighted by molar-refractivity contribution is 6.31. The fourth-order valence-electron chi connectivity index (χ4n) is 2.10. The predicted molar refractivity (Wildman–Crippen MR) is 73.1 cm³/mol. The molecule has 0 amide bonds. The lowest BCUT2D eigenvalue weighted by molar-refractivity contribution is 0.103. The molecule has 3 rings (SSSR count). The van der Waals surface area contributed by atoms with Crippen LogP contribution in [0, 0.1) is 11.6 Å². The summed E-state index contributed by atoms with van der Waals surface area (Å²) in [6.07, 6.45) is 1.44. The molecule has 2 aromatic carbocycles. The highest BCUT2D eigenvalue weighted by Crippen LogP contribution is 2.24. The van der Waals surface area contributed by atoms with E-state index in [1.54, 1.807) is 0 Å². The third-order valence-corrected chi connectivity index (χ3v) is 3.30. The molecular formula is C15H8ClF2NO. The number of aromatic amines is 1. The molecule has 0 aliphatic rings. The van der Waals surface area contributed by atoms with E-state index in [2.05, 4.69) is 4.98 Å². The van der Waals surface area contributed by atoms with E-state index in [1.165, 1.54) is 36.5 Å². The molecule has 2 nitrogen and oxygen atoms in total. The smallest absolute Gasteiger partial charge is 0.198 e. The first-order valence-electron chi connectivity index (χ1n) is 5.82. The summed E-state index contributed by atoms with van der Waals surface area (Å²) >= 11 is 5.79. The van der Waals surface area contributed by atoms with Gasteiger partial charge >= 0.3 is 0 Å². The van der Waals surface area contributed by atoms with Gasteiger partial charge in [0.15, 0.2) is 5.78 Å². The number of fused-ring (bicyclic) bond motifs is 1. The van der Waals surface area contributed by atoms with Gasteiger partial charge in [-0.1, -0.05) is 11.6 Å². The normalized spacial score (nSPS) is 10.9. The van der Waals surface area contributed by atoms with Gasteiger partial charge in [-0.05, 0) is 36.4 Å². The molecule has 1 heterocycles. The van der Waals surface area contributed by atoms with E-state index in [9.17, 15) is 13.6 Å². The van der Waals surface area contributed by atoms with Gasteiger partial charge in [-0.25, -0.2) is 8.78 Å². The van der Waals surface area contributed by atoms with Gasteiger partial charge < -0.3 is 4.98 Å². The Morgan fingerprint density at radius 2 is 1.85 bits per heavy atom. The van der Waals surface area contributed by atoms with Crippen LogP contribution in [-0.2, 0) is 0 Å². The molecular weight excluding hydrogens is 284 g/mol. The summed E-state index contributed by atoms with van der Waals surface area (Å²) in [4.78, 5) is 15.2. The Morgan fingerprint density at radius 1 is 1.05 bits per heavy atom. The quantitative estimate of drug-likeness (QED) is 0.700. The third-order valence-electron chi connectivity index (χ3n) is 3.06. The van der Waals surface area contributed by atoms with Crippen LogP contribution < -0.4 is 0 Å². The summed E-state index contributed by atoms with van der Waals surface area (Å²) in [7, 11) is 0. The highest BCUT2D eigenvalue weighted by Gasteiger charge is 2.18. The molecule has 1 aromatic heterocycles. The van der Waals surface area contributed by atoms with Crippen LogP contribution in [0.5, 0.6) is 0 Å². The Morgan fingerprint density at radius 3 is 2.65 bits per heavy atom. The van der Waals surface area contributed by atoms with E-state index < -0.39 is 17.4 Å². The lowest BCUT2D eigenvalue weighted by Crippen LogP contribution is -2.03. The summed E-state index contributed by atoms with van der Waals surface area (Å²) in [5.74, 6) is -1.55. The third kappa shape index (κ3) is 2.08. The summed E-state index contributed by atoms with van der Waals surface area (Å²) < 4.78 is 26.8. The number of H-pyrrole nitrogens is 1. The molecule has 0 saturated carbocycles. The van der Waals surface area contributed by atoms with Gasteiger partial charge in [-0.15, -0.1) is 0 Å². The second-order valence-electron chi connectivity index (χ2n) is 4.35. The fourth-order valence-corrected chi connectivity index (χ4v) is 2.27. The molecule has 5 heteroatoms. The summed E-state index contributed by atoms with van der Waals surface area (Å²) in [5, 5.41) is 0.816. The molecule has 0 radical (unpaired) electrons. The van der Waals surface area contributed by atoms with Gasteiger partial charge in [0, 0.05) is 27.7 Å². The lowest BCUT2D eigenvalue weighted by Gasteiger charge is -2.02. The second-order valence-corrected chi connectivity index (χ2v) is 4.78. The molecule has 0 fully saturated rings. The minimum Gasteiger partial charge on any atom is -0.360 e. The Bertz CT molecular complexity index is 826. The first kappa shape index (κ1) is 12.8. The summed E-state index contributed by atoms with van der Waals surface area (Å²) in [5.41, 5.74) is 0.652. The maximum atomic E-state index is 13.7. The fraction of sp³-hybridized carbons (Fsp3) is 0. The molecule has 20 heavy (non-hydrogen) atoms. The van der Waals surface area contributed by atoms with Crippen molar-refractivity contribution in [3.63, 3.8) is 0 Å². The standard InChI is InChI=1S/C15H8ClF2NO/c16-8-1-4-13(18)11(5-8)15(20)12-7-19-14-6-9(17)2-3-10(12)14/h1-7,19H. The van der Waals surface area contributed by atoms with E-state index in [0.717, 1.165) is 6.07 Å². The van der Waals surface area contributed by atoms with Crippen LogP contribution in [0.4, 0.5) is 8.78 Å². The number of ketones is 1. The predicted octanol–water partition coefficient (Wildman–Crippen LogP) is 4.33. The Hall–Kier alpha value is -2.20. The van der Waals surface area contributed by atoms with Crippen LogP contribution in [0.2, 0.25) is 5.02 Å². The van der Waals surface area contributed by atoms with E-state index in [0.29, 0.717) is 10.9 Å². The van der Waals surface area contributed by atoms with Crippen LogP contribution in [0.15, 0.2) is 42.6 Å². The van der Waals surface area contributed by atoms with Gasteiger partial charge in [0.2, 0.25) is 0 Å². The zero-order chi connectivity index (χ0) is 14.3. The number of aromatic nitrogens is 1.